The summed E-state index contributed by atoms with van der Waals surface area (Å²) in [6.45, 7) is 3.89. The molecule has 28 heavy (non-hydrogen) atoms. The van der Waals surface area contributed by atoms with Gasteiger partial charge in [0.1, 0.15) is 0 Å². The fourth-order valence-electron chi connectivity index (χ4n) is 3.53. The smallest absolute Gasteiger partial charge is 0.312 e. The van der Waals surface area contributed by atoms with E-state index in [1.807, 2.05) is 68.4 Å². The van der Waals surface area contributed by atoms with Crippen molar-refractivity contribution in [3.63, 3.8) is 0 Å². The molecule has 0 aromatic heterocycles. The van der Waals surface area contributed by atoms with E-state index in [9.17, 15) is 4.79 Å². The minimum atomic E-state index is -0.717. The SMILES string of the molecule is COC(=O)C(C)(C)C(C=C(c1ccccc1)c1ccccc1)c1ccccc1. The molecule has 0 N–H and O–H groups in total. The van der Waals surface area contributed by atoms with Crippen LogP contribution in [0.15, 0.2) is 97.1 Å². The zero-order valence-electron chi connectivity index (χ0n) is 16.6. The van der Waals surface area contributed by atoms with Crippen molar-refractivity contribution in [3.8, 4) is 0 Å². The van der Waals surface area contributed by atoms with Gasteiger partial charge in [-0.25, -0.2) is 0 Å². The summed E-state index contributed by atoms with van der Waals surface area (Å²) < 4.78 is 5.14. The molecule has 0 aliphatic heterocycles. The third-order valence-corrected chi connectivity index (χ3v) is 5.15. The Balaban J connectivity index is 2.21. The summed E-state index contributed by atoms with van der Waals surface area (Å²) in [6, 6.07) is 30.7. The summed E-state index contributed by atoms with van der Waals surface area (Å²) in [5.41, 5.74) is 3.71. The number of carbonyl (C=O) groups excluding carboxylic acids is 1. The van der Waals surface area contributed by atoms with Crippen LogP contribution in [0.25, 0.3) is 5.57 Å². The van der Waals surface area contributed by atoms with Gasteiger partial charge in [-0.15, -0.1) is 0 Å². The first kappa shape index (κ1) is 19.6. The van der Waals surface area contributed by atoms with Gasteiger partial charge in [0, 0.05) is 5.92 Å². The molecule has 0 aliphatic rings. The largest absolute Gasteiger partial charge is 0.469 e. The first-order valence-corrected chi connectivity index (χ1v) is 9.50. The number of ether oxygens (including phenoxy) is 1. The van der Waals surface area contributed by atoms with Crippen LogP contribution in [0.2, 0.25) is 0 Å². The number of allylic oxidation sites excluding steroid dienone is 1. The molecule has 2 nitrogen and oxygen atoms in total. The Bertz CT molecular complexity index is 884. The molecule has 0 heterocycles. The third-order valence-electron chi connectivity index (χ3n) is 5.15. The summed E-state index contributed by atoms with van der Waals surface area (Å²) in [6.07, 6.45) is 2.21. The van der Waals surface area contributed by atoms with Crippen LogP contribution in [-0.4, -0.2) is 13.1 Å². The summed E-state index contributed by atoms with van der Waals surface area (Å²) in [4.78, 5) is 12.7. The highest BCUT2D eigenvalue weighted by Crippen LogP contribution is 2.40. The van der Waals surface area contributed by atoms with E-state index in [0.29, 0.717) is 0 Å². The van der Waals surface area contributed by atoms with Crippen LogP contribution in [0.1, 0.15) is 36.5 Å². The van der Waals surface area contributed by atoms with Crippen molar-refractivity contribution in [3.05, 3.63) is 114 Å². The fourth-order valence-corrected chi connectivity index (χ4v) is 3.53. The molecule has 1 atom stereocenters. The molecule has 0 amide bonds. The lowest BCUT2D eigenvalue weighted by Gasteiger charge is -2.31. The van der Waals surface area contributed by atoms with Gasteiger partial charge in [-0.3, -0.25) is 4.79 Å². The number of hydrogen-bond acceptors (Lipinski definition) is 2. The number of methoxy groups -OCH3 is 1. The minimum absolute atomic E-state index is 0.142. The molecule has 3 rings (SSSR count). The predicted molar refractivity (Wildman–Crippen MR) is 115 cm³/mol. The second kappa shape index (κ2) is 8.71. The van der Waals surface area contributed by atoms with Crippen molar-refractivity contribution in [1.29, 1.82) is 0 Å². The molecule has 0 spiro atoms. The lowest BCUT2D eigenvalue weighted by Crippen LogP contribution is -2.32. The average molecular weight is 370 g/mol. The standard InChI is InChI=1S/C26H26O2/c1-26(2,25(27)28-3)24(22-17-11-6-12-18-22)19-23(20-13-7-4-8-14-20)21-15-9-5-10-16-21/h4-19,24H,1-3H3. The van der Waals surface area contributed by atoms with Crippen molar-refractivity contribution in [1.82, 2.24) is 0 Å². The predicted octanol–water partition coefficient (Wildman–Crippen LogP) is 6.10. The molecule has 0 saturated heterocycles. The normalized spacial score (nSPS) is 12.1. The quantitative estimate of drug-likeness (QED) is 0.490. The van der Waals surface area contributed by atoms with Gasteiger partial charge in [0.15, 0.2) is 0 Å². The molecule has 0 saturated carbocycles. The maximum Gasteiger partial charge on any atom is 0.312 e. The Morgan fingerprint density at radius 1 is 0.786 bits per heavy atom. The average Bonchev–Trinajstić information content (AvgIpc) is 2.75. The highest BCUT2D eigenvalue weighted by molar-refractivity contribution is 5.83. The second-order valence-corrected chi connectivity index (χ2v) is 7.41. The topological polar surface area (TPSA) is 26.3 Å². The fraction of sp³-hybridized carbons (Fsp3) is 0.192. The van der Waals surface area contributed by atoms with Crippen LogP contribution in [0, 0.1) is 5.41 Å². The number of carbonyl (C=O) groups is 1. The van der Waals surface area contributed by atoms with Gasteiger partial charge < -0.3 is 4.74 Å². The monoisotopic (exact) mass is 370 g/mol. The van der Waals surface area contributed by atoms with E-state index in [0.717, 1.165) is 22.3 Å². The van der Waals surface area contributed by atoms with Gasteiger partial charge in [0.2, 0.25) is 0 Å². The number of benzene rings is 3. The van der Waals surface area contributed by atoms with Crippen LogP contribution in [-0.2, 0) is 9.53 Å². The minimum Gasteiger partial charge on any atom is -0.469 e. The van der Waals surface area contributed by atoms with E-state index in [1.165, 1.54) is 7.11 Å². The van der Waals surface area contributed by atoms with Gasteiger partial charge in [0.05, 0.1) is 12.5 Å². The molecule has 2 heteroatoms. The molecule has 1 unspecified atom stereocenters. The van der Waals surface area contributed by atoms with E-state index in [2.05, 4.69) is 42.5 Å². The number of esters is 1. The number of hydrogen-bond donors (Lipinski definition) is 0. The summed E-state index contributed by atoms with van der Waals surface area (Å²) >= 11 is 0. The van der Waals surface area contributed by atoms with Crippen LogP contribution in [0.3, 0.4) is 0 Å². The van der Waals surface area contributed by atoms with Crippen molar-refractivity contribution in [2.45, 2.75) is 19.8 Å². The first-order chi connectivity index (χ1) is 13.5. The zero-order valence-corrected chi connectivity index (χ0v) is 16.6. The summed E-state index contributed by atoms with van der Waals surface area (Å²) in [7, 11) is 1.45. The molecule has 142 valence electrons. The molecule has 3 aromatic rings. The van der Waals surface area contributed by atoms with Crippen molar-refractivity contribution in [2.24, 2.45) is 5.41 Å². The molecule has 0 aliphatic carbocycles. The van der Waals surface area contributed by atoms with Gasteiger partial charge in [-0.1, -0.05) is 97.1 Å². The number of rotatable bonds is 6. The molecule has 0 radical (unpaired) electrons. The first-order valence-electron chi connectivity index (χ1n) is 9.50. The molecular weight excluding hydrogens is 344 g/mol. The van der Waals surface area contributed by atoms with Crippen molar-refractivity contribution < 1.29 is 9.53 Å². The Morgan fingerprint density at radius 3 is 1.64 bits per heavy atom. The Hall–Kier alpha value is -3.13. The van der Waals surface area contributed by atoms with Crippen LogP contribution < -0.4 is 0 Å². The molecule has 0 bridgehead atoms. The van der Waals surface area contributed by atoms with Crippen LogP contribution in [0.5, 0.6) is 0 Å². The molecule has 0 fully saturated rings. The van der Waals surface area contributed by atoms with E-state index in [-0.39, 0.29) is 11.9 Å². The van der Waals surface area contributed by atoms with E-state index in [1.54, 1.807) is 0 Å². The molecule has 3 aromatic carbocycles. The van der Waals surface area contributed by atoms with Crippen LogP contribution in [0.4, 0.5) is 0 Å². The summed E-state index contributed by atoms with van der Waals surface area (Å²) in [5.74, 6) is -0.366. The van der Waals surface area contributed by atoms with Gasteiger partial charge in [-0.2, -0.15) is 0 Å². The van der Waals surface area contributed by atoms with E-state index >= 15 is 0 Å². The summed E-state index contributed by atoms with van der Waals surface area (Å²) in [5, 5.41) is 0. The van der Waals surface area contributed by atoms with Gasteiger partial charge >= 0.3 is 5.97 Å². The lowest BCUT2D eigenvalue weighted by atomic mass is 9.73. The highest BCUT2D eigenvalue weighted by Gasteiger charge is 2.38. The Kier molecular flexibility index (Phi) is 6.10. The Labute approximate surface area is 167 Å². The maximum atomic E-state index is 12.7. The highest BCUT2D eigenvalue weighted by atomic mass is 16.5. The van der Waals surface area contributed by atoms with Crippen LogP contribution >= 0.6 is 0 Å². The Morgan fingerprint density at radius 2 is 1.21 bits per heavy atom. The maximum absolute atomic E-state index is 12.7. The zero-order chi connectivity index (χ0) is 20.0. The lowest BCUT2D eigenvalue weighted by molar-refractivity contribution is -0.151. The second-order valence-electron chi connectivity index (χ2n) is 7.41. The van der Waals surface area contributed by atoms with Crippen molar-refractivity contribution >= 4 is 11.5 Å². The van der Waals surface area contributed by atoms with Gasteiger partial charge in [0.25, 0.3) is 0 Å². The third kappa shape index (κ3) is 4.23. The van der Waals surface area contributed by atoms with E-state index in [4.69, 9.17) is 4.74 Å². The van der Waals surface area contributed by atoms with E-state index < -0.39 is 5.41 Å². The van der Waals surface area contributed by atoms with Gasteiger partial charge in [-0.05, 0) is 36.1 Å². The van der Waals surface area contributed by atoms with Crippen molar-refractivity contribution in [2.75, 3.05) is 7.11 Å². The molecular formula is C26H26O2.